The van der Waals surface area contributed by atoms with E-state index in [0.29, 0.717) is 17.4 Å². The predicted molar refractivity (Wildman–Crippen MR) is 106 cm³/mol. The Morgan fingerprint density at radius 1 is 1.19 bits per heavy atom. The first-order chi connectivity index (χ1) is 12.4. The smallest absolute Gasteiger partial charge is 0.262 e. The molecule has 0 unspecified atom stereocenters. The average molecular weight is 372 g/mol. The molecule has 0 heterocycles. The third-order valence-corrected chi connectivity index (χ3v) is 4.86. The molecule has 26 heavy (non-hydrogen) atoms. The molecule has 0 spiro atoms. The first kappa shape index (κ1) is 19.8. The lowest BCUT2D eigenvalue weighted by Gasteiger charge is -2.14. The number of aryl methyl sites for hydroxylation is 1. The van der Waals surface area contributed by atoms with Gasteiger partial charge in [0.1, 0.15) is 5.75 Å². The molecule has 2 aromatic carbocycles. The summed E-state index contributed by atoms with van der Waals surface area (Å²) in [6.07, 6.45) is 0. The summed E-state index contributed by atoms with van der Waals surface area (Å²) >= 11 is 1.29. The van der Waals surface area contributed by atoms with Gasteiger partial charge in [-0.25, -0.2) is 0 Å². The Morgan fingerprint density at radius 3 is 2.62 bits per heavy atom. The lowest BCUT2D eigenvalue weighted by Crippen LogP contribution is -2.21. The number of nitrogens with one attached hydrogen (secondary N) is 1. The zero-order chi connectivity index (χ0) is 19.1. The van der Waals surface area contributed by atoms with Gasteiger partial charge in [-0.05, 0) is 42.2 Å². The fraction of sp³-hybridized carbons (Fsp3) is 0.300. The van der Waals surface area contributed by atoms with Gasteiger partial charge in [0, 0.05) is 4.90 Å². The van der Waals surface area contributed by atoms with Crippen LogP contribution in [0.3, 0.4) is 0 Å². The summed E-state index contributed by atoms with van der Waals surface area (Å²) in [4.78, 5) is 24.0. The quantitative estimate of drug-likeness (QED) is 0.692. The second-order valence-corrected chi connectivity index (χ2v) is 7.28. The lowest BCUT2D eigenvalue weighted by molar-refractivity contribution is -0.118. The largest absolute Gasteiger partial charge is 0.483 e. The van der Waals surface area contributed by atoms with Gasteiger partial charge in [0.2, 0.25) is 5.91 Å². The lowest BCUT2D eigenvalue weighted by atomic mass is 10.0. The van der Waals surface area contributed by atoms with Crippen LogP contribution in [0.15, 0.2) is 47.4 Å². The van der Waals surface area contributed by atoms with Crippen LogP contribution in [0.25, 0.3) is 0 Å². The van der Waals surface area contributed by atoms with Crippen LogP contribution in [-0.4, -0.2) is 24.2 Å². The fourth-order valence-corrected chi connectivity index (χ4v) is 3.05. The second kappa shape index (κ2) is 9.29. The van der Waals surface area contributed by atoms with E-state index in [1.807, 2.05) is 37.3 Å². The highest BCUT2D eigenvalue weighted by Crippen LogP contribution is 2.27. The Labute approximate surface area is 158 Å². The minimum atomic E-state index is -0.403. The van der Waals surface area contributed by atoms with Crippen molar-refractivity contribution in [3.05, 3.63) is 53.6 Å². The summed E-state index contributed by atoms with van der Waals surface area (Å²) in [5.74, 6) is 0.597. The number of ether oxygens (including phenoxy) is 1. The number of hydrogen-bond donors (Lipinski definition) is 2. The van der Waals surface area contributed by atoms with Crippen molar-refractivity contribution >= 4 is 29.3 Å². The normalized spacial score (nSPS) is 10.6. The molecule has 0 aromatic heterocycles. The molecule has 0 bridgehead atoms. The number of amides is 2. The summed E-state index contributed by atoms with van der Waals surface area (Å²) in [5, 5.41) is 2.82. The first-order valence-corrected chi connectivity index (χ1v) is 9.38. The molecule has 0 aliphatic rings. The van der Waals surface area contributed by atoms with E-state index in [0.717, 1.165) is 10.5 Å². The summed E-state index contributed by atoms with van der Waals surface area (Å²) < 4.78 is 5.71. The maximum atomic E-state index is 12.3. The minimum Gasteiger partial charge on any atom is -0.483 e. The van der Waals surface area contributed by atoms with E-state index in [9.17, 15) is 9.59 Å². The van der Waals surface area contributed by atoms with Gasteiger partial charge in [-0.1, -0.05) is 38.1 Å². The molecule has 0 aliphatic heterocycles. The van der Waals surface area contributed by atoms with E-state index < -0.39 is 5.91 Å². The topological polar surface area (TPSA) is 81.4 Å². The summed E-state index contributed by atoms with van der Waals surface area (Å²) in [7, 11) is 0. The van der Waals surface area contributed by atoms with Gasteiger partial charge in [-0.2, -0.15) is 0 Å². The minimum absolute atomic E-state index is 0.0861. The van der Waals surface area contributed by atoms with E-state index >= 15 is 0 Å². The van der Waals surface area contributed by atoms with Crippen molar-refractivity contribution in [2.45, 2.75) is 31.6 Å². The highest BCUT2D eigenvalue weighted by molar-refractivity contribution is 8.00. The number of primary amides is 1. The molecule has 5 nitrogen and oxygen atoms in total. The molecular formula is C20H24N2O3S. The number of carbonyl (C=O) groups is 2. The number of benzene rings is 2. The van der Waals surface area contributed by atoms with E-state index in [2.05, 4.69) is 25.2 Å². The van der Waals surface area contributed by atoms with Crippen LogP contribution in [0, 0.1) is 6.92 Å². The van der Waals surface area contributed by atoms with E-state index in [4.69, 9.17) is 10.5 Å². The Kier molecular flexibility index (Phi) is 7.09. The van der Waals surface area contributed by atoms with Crippen LogP contribution in [0.1, 0.15) is 30.9 Å². The molecule has 138 valence electrons. The second-order valence-electron chi connectivity index (χ2n) is 6.27. The van der Waals surface area contributed by atoms with Crippen molar-refractivity contribution in [1.29, 1.82) is 0 Å². The molecular weight excluding hydrogens is 348 g/mol. The first-order valence-electron chi connectivity index (χ1n) is 8.40. The molecule has 6 heteroatoms. The van der Waals surface area contributed by atoms with Gasteiger partial charge in [-0.15, -0.1) is 11.8 Å². The molecule has 0 radical (unpaired) electrons. The number of carbonyl (C=O) groups excluding carboxylic acids is 2. The third-order valence-electron chi connectivity index (χ3n) is 3.77. The van der Waals surface area contributed by atoms with Crippen LogP contribution in [0.4, 0.5) is 5.69 Å². The number of para-hydroxylation sites is 1. The van der Waals surface area contributed by atoms with Crippen molar-refractivity contribution in [3.63, 3.8) is 0 Å². The third kappa shape index (κ3) is 5.81. The standard InChI is InChI=1S/C20H24N2O3S/c1-13(2)15-9-8-14(3)17(10-15)25-11-20(24)22-16-6-4-5-7-18(16)26-12-19(21)23/h4-10,13H,11-12H2,1-3H3,(H2,21,23)(H,22,24). The SMILES string of the molecule is Cc1ccc(C(C)C)cc1OCC(=O)Nc1ccccc1SCC(N)=O. The zero-order valence-electron chi connectivity index (χ0n) is 15.2. The van der Waals surface area contributed by atoms with Gasteiger partial charge >= 0.3 is 0 Å². The van der Waals surface area contributed by atoms with Crippen molar-refractivity contribution in [2.24, 2.45) is 5.73 Å². The number of anilines is 1. The van der Waals surface area contributed by atoms with Gasteiger partial charge in [-0.3, -0.25) is 9.59 Å². The highest BCUT2D eigenvalue weighted by atomic mass is 32.2. The molecule has 2 amide bonds. The number of thioether (sulfide) groups is 1. The Balaban J connectivity index is 2.00. The summed E-state index contributed by atoms with van der Waals surface area (Å²) in [6.45, 7) is 6.09. The Hall–Kier alpha value is -2.47. The zero-order valence-corrected chi connectivity index (χ0v) is 16.1. The van der Waals surface area contributed by atoms with Gasteiger partial charge in [0.25, 0.3) is 5.91 Å². The summed E-state index contributed by atoms with van der Waals surface area (Å²) in [6, 6.07) is 13.3. The van der Waals surface area contributed by atoms with Gasteiger partial charge in [0.15, 0.2) is 6.61 Å². The highest BCUT2D eigenvalue weighted by Gasteiger charge is 2.10. The fourth-order valence-electron chi connectivity index (χ4n) is 2.31. The van der Waals surface area contributed by atoms with E-state index in [1.165, 1.54) is 17.3 Å². The van der Waals surface area contributed by atoms with Crippen molar-refractivity contribution in [3.8, 4) is 5.75 Å². The maximum absolute atomic E-state index is 12.3. The van der Waals surface area contributed by atoms with E-state index in [1.54, 1.807) is 6.07 Å². The number of hydrogen-bond acceptors (Lipinski definition) is 4. The Bertz CT molecular complexity index is 790. The van der Waals surface area contributed by atoms with Gasteiger partial charge in [0.05, 0.1) is 11.4 Å². The predicted octanol–water partition coefficient (Wildman–Crippen LogP) is 3.71. The number of rotatable bonds is 8. The monoisotopic (exact) mass is 372 g/mol. The number of nitrogens with two attached hydrogens (primary N) is 1. The molecule has 2 rings (SSSR count). The van der Waals surface area contributed by atoms with E-state index in [-0.39, 0.29) is 18.3 Å². The summed E-state index contributed by atoms with van der Waals surface area (Å²) in [5.41, 5.74) is 7.97. The molecule has 0 aliphatic carbocycles. The molecule has 2 aromatic rings. The molecule has 0 atom stereocenters. The van der Waals surface area contributed by atoms with Crippen LogP contribution < -0.4 is 15.8 Å². The van der Waals surface area contributed by atoms with Gasteiger partial charge < -0.3 is 15.8 Å². The van der Waals surface area contributed by atoms with Crippen LogP contribution in [0.5, 0.6) is 5.75 Å². The van der Waals surface area contributed by atoms with Crippen molar-refractivity contribution in [1.82, 2.24) is 0 Å². The van der Waals surface area contributed by atoms with Crippen LogP contribution in [0.2, 0.25) is 0 Å². The molecule has 0 saturated heterocycles. The average Bonchev–Trinajstić information content (AvgIpc) is 2.60. The molecule has 0 fully saturated rings. The molecule has 3 N–H and O–H groups in total. The van der Waals surface area contributed by atoms with Crippen LogP contribution >= 0.6 is 11.8 Å². The van der Waals surface area contributed by atoms with Crippen molar-refractivity contribution < 1.29 is 14.3 Å². The molecule has 0 saturated carbocycles. The van der Waals surface area contributed by atoms with Crippen molar-refractivity contribution in [2.75, 3.05) is 17.7 Å². The Morgan fingerprint density at radius 2 is 1.92 bits per heavy atom. The maximum Gasteiger partial charge on any atom is 0.262 e. The van der Waals surface area contributed by atoms with Crippen LogP contribution in [-0.2, 0) is 9.59 Å².